The molecule has 0 amide bonds. The Labute approximate surface area is 234 Å². The van der Waals surface area contributed by atoms with E-state index < -0.39 is 112 Å². The average Bonchev–Trinajstić information content (AvgIpc) is 2.83. The number of hydrogen-bond donors (Lipinski definition) is 2. The van der Waals surface area contributed by atoms with Crippen molar-refractivity contribution in [2.75, 3.05) is 4.72 Å². The Hall–Kier alpha value is -2.73. The number of rotatable bonds is 11. The molecule has 0 saturated carbocycles. The molecule has 0 radical (unpaired) electrons. The van der Waals surface area contributed by atoms with Gasteiger partial charge in [0, 0.05) is 0 Å². The summed E-state index contributed by atoms with van der Waals surface area (Å²) in [5.41, 5.74) is -7.97. The molecule has 270 valence electrons. The van der Waals surface area contributed by atoms with Crippen LogP contribution in [0.5, 0.6) is 0 Å². The van der Waals surface area contributed by atoms with Crippen LogP contribution in [-0.4, -0.2) is 68.4 Å². The highest BCUT2D eigenvalue weighted by molar-refractivity contribution is 7.93. The van der Waals surface area contributed by atoms with Gasteiger partial charge in [0.15, 0.2) is 23.3 Å². The molecule has 0 atom stereocenters. The molecule has 0 spiro atoms. The Balaban J connectivity index is 4.08. The molecule has 1 rings (SSSR count). The van der Waals surface area contributed by atoms with Crippen LogP contribution in [0.2, 0.25) is 0 Å². The maximum Gasteiger partial charge on any atom is 0.460 e. The number of hydrogen-bond acceptors (Lipinski definition) is 4. The Kier molecular flexibility index (Phi) is 9.55. The molecule has 0 heterocycles. The molecule has 0 aromatic heterocycles. The van der Waals surface area contributed by atoms with Gasteiger partial charge in [-0.05, 0) is 0 Å². The fourth-order valence-corrected chi connectivity index (χ4v) is 4.15. The molecule has 0 unspecified atom stereocenters. The highest BCUT2D eigenvalue weighted by Crippen LogP contribution is 2.64. The smallest absolute Gasteiger partial charge is 0.281 e. The van der Waals surface area contributed by atoms with Gasteiger partial charge < -0.3 is 0 Å². The first-order valence-corrected chi connectivity index (χ1v) is 12.5. The van der Waals surface area contributed by atoms with Crippen LogP contribution in [0.3, 0.4) is 0 Å². The lowest BCUT2D eigenvalue weighted by molar-refractivity contribution is -0.458. The molecule has 31 heteroatoms. The Morgan fingerprint density at radius 3 is 1.09 bits per heavy atom. The van der Waals surface area contributed by atoms with Crippen molar-refractivity contribution in [3.63, 3.8) is 0 Å². The summed E-state index contributed by atoms with van der Waals surface area (Å²) < 4.78 is 362. The summed E-state index contributed by atoms with van der Waals surface area (Å²) in [6.07, 6.45) is -8.14. The van der Waals surface area contributed by atoms with Crippen molar-refractivity contribution < 1.29 is 122 Å². The molecule has 1 aromatic rings. The summed E-state index contributed by atoms with van der Waals surface area (Å²) in [5, 5.41) is -15.5. The summed E-state index contributed by atoms with van der Waals surface area (Å²) >= 11 is 0. The van der Waals surface area contributed by atoms with Gasteiger partial charge in [-0.3, -0.25) is 9.27 Å². The van der Waals surface area contributed by atoms with Crippen molar-refractivity contribution in [2.45, 2.75) is 52.2 Å². The molecule has 0 bridgehead atoms. The van der Waals surface area contributed by atoms with Gasteiger partial charge in [0.2, 0.25) is 0 Å². The van der Waals surface area contributed by atoms with E-state index in [4.69, 9.17) is 4.55 Å². The fraction of sp³-hybridized carbons (Fsp3) is 0.600. The van der Waals surface area contributed by atoms with Gasteiger partial charge in [0.1, 0.15) is 11.3 Å². The van der Waals surface area contributed by atoms with E-state index in [2.05, 4.69) is 0 Å². The van der Waals surface area contributed by atoms with E-state index in [0.717, 1.165) is 0 Å². The lowest BCUT2D eigenvalue weighted by Crippen LogP contribution is -2.75. The molecule has 6 nitrogen and oxygen atoms in total. The second-order valence-electron chi connectivity index (χ2n) is 8.06. The second-order valence-corrected chi connectivity index (χ2v) is 11.3. The van der Waals surface area contributed by atoms with Crippen molar-refractivity contribution in [1.82, 2.24) is 0 Å². The predicted octanol–water partition coefficient (Wildman–Crippen LogP) is 6.89. The molecule has 2 N–H and O–H groups in total. The Morgan fingerprint density at radius 1 is 0.457 bits per heavy atom. The third-order valence-electron chi connectivity index (χ3n) is 5.15. The molecule has 0 aliphatic rings. The van der Waals surface area contributed by atoms with Crippen LogP contribution in [0.4, 0.5) is 107 Å². The van der Waals surface area contributed by atoms with Crippen LogP contribution in [-0.2, 0) is 25.4 Å². The number of alkyl halides is 19. The van der Waals surface area contributed by atoms with Gasteiger partial charge in [-0.1, -0.05) is 0 Å². The van der Waals surface area contributed by atoms with Crippen LogP contribution in [0.25, 0.3) is 0 Å². The molecular weight excluding hydrogens is 775 g/mol. The lowest BCUT2D eigenvalue weighted by Gasteiger charge is -2.42. The van der Waals surface area contributed by atoms with E-state index in [0.29, 0.717) is 0 Å². The van der Waals surface area contributed by atoms with Gasteiger partial charge >= 0.3 is 72.4 Å². The van der Waals surface area contributed by atoms with Gasteiger partial charge in [-0.2, -0.15) is 100 Å². The quantitative estimate of drug-likeness (QED) is 0.110. The molecule has 46 heavy (non-hydrogen) atoms. The molecule has 0 aliphatic carbocycles. The maximum atomic E-state index is 14.2. The monoisotopic (exact) mass is 777 g/mol. The summed E-state index contributed by atoms with van der Waals surface area (Å²) in [4.78, 5) is 0. The summed E-state index contributed by atoms with van der Waals surface area (Å²) in [6, 6.07) is 0. The van der Waals surface area contributed by atoms with E-state index >= 15 is 0 Å². The largest absolute Gasteiger partial charge is 0.460 e. The minimum atomic E-state index is -9.37. The van der Waals surface area contributed by atoms with Gasteiger partial charge in [-0.15, -0.1) is 0 Å². The number of sulfonamides is 1. The zero-order valence-corrected chi connectivity index (χ0v) is 21.2. The minimum Gasteiger partial charge on any atom is -0.281 e. The van der Waals surface area contributed by atoms with Crippen molar-refractivity contribution in [2.24, 2.45) is 0 Å². The van der Waals surface area contributed by atoms with Crippen LogP contribution in [0.1, 0.15) is 5.56 Å². The summed E-state index contributed by atoms with van der Waals surface area (Å²) in [6.45, 7) is 0. The topological polar surface area (TPSA) is 101 Å². The number of anilines is 1. The first-order chi connectivity index (χ1) is 19.6. The van der Waals surface area contributed by atoms with Gasteiger partial charge in [0.25, 0.3) is 0 Å². The molecule has 1 aromatic carbocycles. The van der Waals surface area contributed by atoms with Crippen LogP contribution in [0, 0.1) is 23.3 Å². The molecule has 0 aliphatic heterocycles. The third kappa shape index (κ3) is 5.22. The van der Waals surface area contributed by atoms with Gasteiger partial charge in [0.05, 0.1) is 0 Å². The number of halogens is 23. The van der Waals surface area contributed by atoms with Crippen LogP contribution >= 0.6 is 0 Å². The SMILES string of the molecule is O=S(=O)(O)C(F)(F)c1c(F)c(F)c(F)c(F)c1NS(=O)(=O)C(F)(F)C(F)(F)C(F)(F)C(F)(F)C(F)(F)C(F)(F)C(F)(F)C(F)(F)F. The lowest BCUT2D eigenvalue weighted by atomic mass is 9.91. The molecule has 0 saturated heterocycles. The van der Waals surface area contributed by atoms with E-state index in [1.165, 1.54) is 0 Å². The maximum absolute atomic E-state index is 14.2. The highest BCUT2D eigenvalue weighted by Gasteiger charge is 2.96. The average molecular weight is 777 g/mol. The minimum absolute atomic E-state index is 0.992. The molecular formula is C15H2F23NO5S2. The number of benzene rings is 1. The first-order valence-electron chi connectivity index (χ1n) is 9.56. The fourth-order valence-electron chi connectivity index (χ4n) is 2.65. The summed E-state index contributed by atoms with van der Waals surface area (Å²) in [5.74, 6) is -70.0. The van der Waals surface area contributed by atoms with Crippen LogP contribution < -0.4 is 4.72 Å². The zero-order chi connectivity index (χ0) is 37.7. The van der Waals surface area contributed by atoms with Crippen molar-refractivity contribution in [3.8, 4) is 0 Å². The Morgan fingerprint density at radius 2 is 0.761 bits per heavy atom. The van der Waals surface area contributed by atoms with E-state index in [1.807, 2.05) is 0 Å². The second kappa shape index (κ2) is 10.6. The third-order valence-corrected chi connectivity index (χ3v) is 7.41. The van der Waals surface area contributed by atoms with E-state index in [-0.39, 0.29) is 0 Å². The standard InChI is InChI=1S/C15H2F23NO5S2/c16-2-1(7(20,21)46(42,43)44)6(5(19)4(18)3(2)17)39-45(40,41)15(37,38)13(32,33)11(28,29)9(24,25)8(22,23)10(26,27)12(30,31)14(34,35)36/h39H,(H,42,43,44). The van der Waals surface area contributed by atoms with Crippen molar-refractivity contribution >= 4 is 25.8 Å². The van der Waals surface area contributed by atoms with Crippen LogP contribution in [0.15, 0.2) is 0 Å². The van der Waals surface area contributed by atoms with E-state index in [1.54, 1.807) is 0 Å². The number of nitrogens with one attached hydrogen (secondary N) is 1. The zero-order valence-electron chi connectivity index (χ0n) is 19.6. The summed E-state index contributed by atoms with van der Waals surface area (Å²) in [7, 11) is -16.3. The normalized spacial score (nSPS) is 15.7. The Bertz CT molecular complexity index is 1600. The highest BCUT2D eigenvalue weighted by atomic mass is 32.2. The van der Waals surface area contributed by atoms with Crippen molar-refractivity contribution in [1.29, 1.82) is 0 Å². The first kappa shape index (κ1) is 41.3. The van der Waals surface area contributed by atoms with Gasteiger partial charge in [-0.25, -0.2) is 17.6 Å². The van der Waals surface area contributed by atoms with E-state index in [9.17, 15) is 118 Å². The predicted molar refractivity (Wildman–Crippen MR) is 94.9 cm³/mol. The molecule has 0 fully saturated rings. The van der Waals surface area contributed by atoms with Crippen molar-refractivity contribution in [3.05, 3.63) is 28.8 Å².